The lowest BCUT2D eigenvalue weighted by Crippen LogP contribution is -2.44. The Labute approximate surface area is 169 Å². The van der Waals surface area contributed by atoms with E-state index in [0.29, 0.717) is 12.6 Å². The number of nitrogens with zero attached hydrogens (tertiary/aromatic N) is 2. The second kappa shape index (κ2) is 11.8. The fourth-order valence-electron chi connectivity index (χ4n) is 3.75. The van der Waals surface area contributed by atoms with E-state index in [4.69, 9.17) is 0 Å². The number of likely N-dealkylation sites (N-methyl/N-ethyl adjacent to an activating group) is 1. The van der Waals surface area contributed by atoms with Gasteiger partial charge in [0.2, 0.25) is 5.91 Å². The number of piperidine rings is 1. The predicted molar refractivity (Wildman–Crippen MR) is 113 cm³/mol. The van der Waals surface area contributed by atoms with Crippen LogP contribution >= 0.6 is 24.8 Å². The molecule has 0 bridgehead atoms. The molecule has 2 aliphatic heterocycles. The number of rotatable bonds is 6. The largest absolute Gasteiger partial charge is 0.325 e. The van der Waals surface area contributed by atoms with Gasteiger partial charge in [-0.25, -0.2) is 0 Å². The van der Waals surface area contributed by atoms with Crippen molar-refractivity contribution in [1.29, 1.82) is 0 Å². The molecule has 1 aromatic rings. The second-order valence-corrected chi connectivity index (χ2v) is 7.13. The minimum atomic E-state index is 0. The quantitative estimate of drug-likeness (QED) is 0.767. The van der Waals surface area contributed by atoms with Gasteiger partial charge in [-0.3, -0.25) is 14.6 Å². The van der Waals surface area contributed by atoms with E-state index in [1.54, 1.807) is 0 Å². The molecule has 0 radical (unpaired) electrons. The average molecular weight is 403 g/mol. The lowest BCUT2D eigenvalue weighted by Gasteiger charge is -2.31. The van der Waals surface area contributed by atoms with Crippen molar-refractivity contribution in [3.8, 4) is 0 Å². The minimum absolute atomic E-state index is 0. The number of hydrogen-bond donors (Lipinski definition) is 2. The number of hydrogen-bond acceptors (Lipinski definition) is 4. The molecule has 2 aliphatic rings. The van der Waals surface area contributed by atoms with E-state index in [1.165, 1.54) is 31.5 Å². The third kappa shape index (κ3) is 7.05. The molecule has 0 aromatic heterocycles. The lowest BCUT2D eigenvalue weighted by molar-refractivity contribution is -0.117. The van der Waals surface area contributed by atoms with Gasteiger partial charge in [-0.15, -0.1) is 24.8 Å². The van der Waals surface area contributed by atoms with Gasteiger partial charge in [0, 0.05) is 18.3 Å². The predicted octanol–water partition coefficient (Wildman–Crippen LogP) is 2.75. The van der Waals surface area contributed by atoms with Crippen molar-refractivity contribution in [2.45, 2.75) is 38.3 Å². The van der Waals surface area contributed by atoms with Crippen molar-refractivity contribution < 1.29 is 4.79 Å². The van der Waals surface area contributed by atoms with Gasteiger partial charge in [0.05, 0.1) is 6.54 Å². The molecule has 0 atom stereocenters. The Morgan fingerprint density at radius 1 is 1.23 bits per heavy atom. The third-order valence-corrected chi connectivity index (χ3v) is 5.14. The Bertz CT molecular complexity index is 546. The number of benzene rings is 1. The van der Waals surface area contributed by atoms with E-state index in [0.717, 1.165) is 38.2 Å². The van der Waals surface area contributed by atoms with Crippen LogP contribution in [0.5, 0.6) is 0 Å². The Kier molecular flexibility index (Phi) is 10.5. The molecule has 148 valence electrons. The summed E-state index contributed by atoms with van der Waals surface area (Å²) >= 11 is 0. The molecule has 0 spiro atoms. The fourth-order valence-corrected chi connectivity index (χ4v) is 3.75. The van der Waals surface area contributed by atoms with Crippen molar-refractivity contribution >= 4 is 36.4 Å². The summed E-state index contributed by atoms with van der Waals surface area (Å²) in [5.41, 5.74) is 2.19. The maximum absolute atomic E-state index is 12.3. The molecule has 26 heavy (non-hydrogen) atoms. The number of carbonyl (C=O) groups excluding carboxylic acids is 1. The highest BCUT2D eigenvalue weighted by molar-refractivity contribution is 5.92. The summed E-state index contributed by atoms with van der Waals surface area (Å²) in [7, 11) is 2.05. The highest BCUT2D eigenvalue weighted by Crippen LogP contribution is 2.16. The van der Waals surface area contributed by atoms with Crippen LogP contribution in [0.25, 0.3) is 0 Å². The number of anilines is 1. The first-order chi connectivity index (χ1) is 11.7. The third-order valence-electron chi connectivity index (χ3n) is 5.14. The van der Waals surface area contributed by atoms with Gasteiger partial charge in [0.25, 0.3) is 0 Å². The molecule has 2 heterocycles. The highest BCUT2D eigenvalue weighted by atomic mass is 35.5. The van der Waals surface area contributed by atoms with Crippen LogP contribution in [0.3, 0.4) is 0 Å². The van der Waals surface area contributed by atoms with Gasteiger partial charge in [-0.2, -0.15) is 0 Å². The van der Waals surface area contributed by atoms with Crippen LogP contribution in [0.15, 0.2) is 24.3 Å². The molecule has 1 aromatic carbocycles. The van der Waals surface area contributed by atoms with Crippen LogP contribution in [0.2, 0.25) is 0 Å². The zero-order chi connectivity index (χ0) is 16.8. The smallest absolute Gasteiger partial charge is 0.238 e. The number of likely N-dealkylation sites (tertiary alicyclic amines) is 1. The van der Waals surface area contributed by atoms with E-state index in [1.807, 2.05) is 12.1 Å². The molecule has 7 heteroatoms. The monoisotopic (exact) mass is 402 g/mol. The minimum Gasteiger partial charge on any atom is -0.325 e. The first-order valence-corrected chi connectivity index (χ1v) is 9.23. The molecule has 2 N–H and O–H groups in total. The molecular weight excluding hydrogens is 371 g/mol. The van der Waals surface area contributed by atoms with Crippen molar-refractivity contribution in [2.24, 2.45) is 0 Å². The van der Waals surface area contributed by atoms with Gasteiger partial charge in [0.1, 0.15) is 0 Å². The summed E-state index contributed by atoms with van der Waals surface area (Å²) in [6.45, 7) is 5.93. The highest BCUT2D eigenvalue weighted by Gasteiger charge is 2.19. The van der Waals surface area contributed by atoms with Crippen molar-refractivity contribution in [3.63, 3.8) is 0 Å². The summed E-state index contributed by atoms with van der Waals surface area (Å²) < 4.78 is 0. The van der Waals surface area contributed by atoms with E-state index in [-0.39, 0.29) is 30.7 Å². The summed E-state index contributed by atoms with van der Waals surface area (Å²) in [5, 5.41) is 6.43. The van der Waals surface area contributed by atoms with Crippen molar-refractivity contribution in [1.82, 2.24) is 15.1 Å². The van der Waals surface area contributed by atoms with E-state index in [9.17, 15) is 4.79 Å². The Morgan fingerprint density at radius 3 is 2.62 bits per heavy atom. The van der Waals surface area contributed by atoms with Crippen LogP contribution < -0.4 is 10.6 Å². The van der Waals surface area contributed by atoms with Gasteiger partial charge < -0.3 is 10.6 Å². The van der Waals surface area contributed by atoms with Crippen LogP contribution in [-0.4, -0.2) is 61.5 Å². The average Bonchev–Trinajstić information content (AvgIpc) is 3.09. The topological polar surface area (TPSA) is 47.6 Å². The van der Waals surface area contributed by atoms with Crippen molar-refractivity contribution in [2.75, 3.05) is 45.1 Å². The summed E-state index contributed by atoms with van der Waals surface area (Å²) in [6, 6.07) is 8.79. The maximum atomic E-state index is 12.3. The van der Waals surface area contributed by atoms with Crippen LogP contribution in [-0.2, 0) is 11.3 Å². The molecule has 2 fully saturated rings. The van der Waals surface area contributed by atoms with Crippen LogP contribution in [0, 0.1) is 0 Å². The first-order valence-electron chi connectivity index (χ1n) is 9.23. The molecule has 5 nitrogen and oxygen atoms in total. The Morgan fingerprint density at radius 2 is 1.92 bits per heavy atom. The Hall–Kier alpha value is -0.850. The van der Waals surface area contributed by atoms with Crippen molar-refractivity contribution in [3.05, 3.63) is 29.8 Å². The number of amides is 1. The molecular formula is C19H32Cl2N4O. The molecule has 0 aliphatic carbocycles. The van der Waals surface area contributed by atoms with Crippen LogP contribution in [0.1, 0.15) is 31.2 Å². The van der Waals surface area contributed by atoms with Crippen LogP contribution in [0.4, 0.5) is 5.69 Å². The van der Waals surface area contributed by atoms with E-state index >= 15 is 0 Å². The van der Waals surface area contributed by atoms with Gasteiger partial charge >= 0.3 is 0 Å². The number of halogens is 2. The van der Waals surface area contributed by atoms with E-state index < -0.39 is 0 Å². The molecule has 3 rings (SSSR count). The number of nitrogens with one attached hydrogen (secondary N) is 2. The Balaban J connectivity index is 0.00000169. The molecule has 2 saturated heterocycles. The SMILES string of the molecule is CN(CC(=O)Nc1cccc(CN2CCCC2)c1)C1CCNCC1.Cl.Cl. The molecule has 1 amide bonds. The zero-order valence-electron chi connectivity index (χ0n) is 15.6. The normalized spacial score (nSPS) is 18.2. The molecule has 0 unspecified atom stereocenters. The molecule has 0 saturated carbocycles. The number of carbonyl (C=O) groups is 1. The lowest BCUT2D eigenvalue weighted by atomic mass is 10.1. The van der Waals surface area contributed by atoms with Gasteiger partial charge in [-0.05, 0) is 76.6 Å². The standard InChI is InChI=1S/C19H30N4O.2ClH/c1-22(18-7-9-20-10-8-18)15-19(24)21-17-6-4-5-16(13-17)14-23-11-2-3-12-23;;/h4-6,13,18,20H,2-3,7-12,14-15H2,1H3,(H,21,24);2*1H. The van der Waals surface area contributed by atoms with Gasteiger partial charge in [0.15, 0.2) is 0 Å². The maximum Gasteiger partial charge on any atom is 0.238 e. The second-order valence-electron chi connectivity index (χ2n) is 7.13. The summed E-state index contributed by atoms with van der Waals surface area (Å²) in [5.74, 6) is 0.0781. The summed E-state index contributed by atoms with van der Waals surface area (Å²) in [6.07, 6.45) is 4.85. The zero-order valence-corrected chi connectivity index (χ0v) is 17.2. The summed E-state index contributed by atoms with van der Waals surface area (Å²) in [4.78, 5) is 17.0. The van der Waals surface area contributed by atoms with Gasteiger partial charge in [-0.1, -0.05) is 12.1 Å². The first kappa shape index (κ1) is 23.2. The van der Waals surface area contributed by atoms with E-state index in [2.05, 4.69) is 39.6 Å². The fraction of sp³-hybridized carbons (Fsp3) is 0.632.